The van der Waals surface area contributed by atoms with Crippen LogP contribution in [0.3, 0.4) is 0 Å². The topological polar surface area (TPSA) is 343 Å². The lowest BCUT2D eigenvalue weighted by Crippen LogP contribution is -2.33. The average molecular weight is 1830 g/mol. The lowest BCUT2D eigenvalue weighted by atomic mass is 9.87. The van der Waals surface area contributed by atoms with Crippen molar-refractivity contribution in [2.75, 3.05) is 39.9 Å². The van der Waals surface area contributed by atoms with Crippen molar-refractivity contribution in [3.05, 3.63) is 259 Å². The van der Waals surface area contributed by atoms with E-state index < -0.39 is 71.2 Å². The second-order valence-electron chi connectivity index (χ2n) is 25.0. The van der Waals surface area contributed by atoms with Crippen LogP contribution in [0.25, 0.3) is 86.2 Å². The van der Waals surface area contributed by atoms with Crippen molar-refractivity contribution in [3.63, 3.8) is 0 Å². The fraction of sp³-hybridized carbons (Fsp3) is 0.105. The smallest absolute Gasteiger partial charge is 0.264 e. The molecule has 604 valence electrons. The number of thiazole rings is 3. The molecule has 0 aliphatic heterocycles. The van der Waals surface area contributed by atoms with Crippen LogP contribution in [-0.4, -0.2) is 105 Å². The highest BCUT2D eigenvalue weighted by atomic mass is 35.5. The highest BCUT2D eigenvalue weighted by Crippen LogP contribution is 2.48. The molecule has 9 heterocycles. The third kappa shape index (κ3) is 18.6. The molecule has 1 aliphatic rings. The van der Waals surface area contributed by atoms with Crippen molar-refractivity contribution in [1.29, 1.82) is 0 Å². The van der Waals surface area contributed by atoms with Crippen molar-refractivity contribution in [1.82, 2.24) is 64.5 Å². The lowest BCUT2D eigenvalue weighted by molar-refractivity contribution is 0.292. The number of halogens is 12. The molecular formula is C76H54Cl6F6N18O6S6. The average Bonchev–Trinajstić information content (AvgIpc) is 1.71. The number of sulfonamides is 3. The minimum Gasteiger partial charge on any atom is -0.368 e. The maximum absolute atomic E-state index is 16.1. The minimum absolute atomic E-state index is 0.00846. The first kappa shape index (κ1) is 85.3. The van der Waals surface area contributed by atoms with Crippen molar-refractivity contribution in [2.24, 2.45) is 0 Å². The number of nitrogens with one attached hydrogen (secondary N) is 5. The number of hydrogen-bond donors (Lipinski definition) is 6. The van der Waals surface area contributed by atoms with E-state index in [-0.39, 0.29) is 90.4 Å². The van der Waals surface area contributed by atoms with Crippen molar-refractivity contribution in [2.45, 2.75) is 53.5 Å². The molecule has 0 bridgehead atoms. The quantitative estimate of drug-likeness (QED) is 0.0386. The van der Waals surface area contributed by atoms with Gasteiger partial charge in [-0.25, -0.2) is 96.5 Å². The molecule has 0 saturated heterocycles. The van der Waals surface area contributed by atoms with E-state index in [1.165, 1.54) is 139 Å². The number of anilines is 5. The summed E-state index contributed by atoms with van der Waals surface area (Å²) in [4.78, 5) is 51.6. The third-order valence-electron chi connectivity index (χ3n) is 17.2. The van der Waals surface area contributed by atoms with Crippen LogP contribution < -0.4 is 30.5 Å². The zero-order valence-corrected chi connectivity index (χ0v) is 70.1. The lowest BCUT2D eigenvalue weighted by Gasteiger charge is -2.27. The molecule has 1 aliphatic carbocycles. The Hall–Kier alpha value is -10.6. The van der Waals surface area contributed by atoms with Gasteiger partial charge in [-0.05, 0) is 135 Å². The van der Waals surface area contributed by atoms with Crippen LogP contribution in [-0.2, 0) is 30.1 Å². The van der Waals surface area contributed by atoms with E-state index in [0.29, 0.717) is 105 Å². The monoisotopic (exact) mass is 1830 g/mol. The van der Waals surface area contributed by atoms with Gasteiger partial charge >= 0.3 is 0 Å². The van der Waals surface area contributed by atoms with Gasteiger partial charge in [-0.15, -0.1) is 34.0 Å². The molecule has 0 spiro atoms. The molecule has 42 heteroatoms. The summed E-state index contributed by atoms with van der Waals surface area (Å²) >= 11 is 40.5. The standard InChI is InChI=1S/C26H18Cl2F2N6O2S2.C25H16Cl2F2N6O2S2.C25H20Cl2F2N6O2S2/c1-13-6-8-16(27)24(20(13)28)40(37,38)36-17-5-3-4-15(21(17)30)22-23(18-10-11-32-26(31-2)34-18)39-25(35-22)19-9-7-14(29)12-33-19;1-30-25-32-9-8-19(33-25)22-21(34-24(38-22)13-10-14(28)12-31-11-13)15-4-2-7-18(20(15)29)35-39(36,37)23-16(26)5-3-6-17(23)27;1-12-5-7-15(26)23(19(12)27)39(36,37)35-16-4-2-3-14(20(16)29)21-22(17-9-10-31-25(30)33-17)38-24(34-21)18-8-6-13(28)11-32-18/h3-12,36H,1-2H3,(H,31,32,34);2-12,35H,1H3,(H,30,32,33);4-11,14,20,35H,2-3H2,1H3,(H2,30,31,33). The van der Waals surface area contributed by atoms with Crippen LogP contribution >= 0.6 is 104 Å². The fourth-order valence-corrected chi connectivity index (χ4v) is 21.6. The van der Waals surface area contributed by atoms with E-state index in [4.69, 9.17) is 75.3 Å². The van der Waals surface area contributed by atoms with Gasteiger partial charge in [0, 0.05) is 61.5 Å². The summed E-state index contributed by atoms with van der Waals surface area (Å²) in [5.41, 5.74) is 9.01. The Labute approximate surface area is 711 Å². The van der Waals surface area contributed by atoms with Crippen molar-refractivity contribution in [3.8, 4) is 86.2 Å². The van der Waals surface area contributed by atoms with Crippen LogP contribution in [0.15, 0.2) is 197 Å². The Morgan fingerprint density at radius 1 is 0.458 bits per heavy atom. The maximum atomic E-state index is 16.1. The summed E-state index contributed by atoms with van der Waals surface area (Å²) in [6.07, 6.45) is 9.56. The highest BCUT2D eigenvalue weighted by Gasteiger charge is 2.38. The molecule has 0 fully saturated rings. The SMILES string of the molecule is CNc1nccc(-c2sc(-c3ccc(F)cn3)nc2-c2cccc(NS(=O)(=O)c3c(Cl)ccc(C)c3Cl)c2F)n1.CNc1nccc(-c2sc(-c3cncc(F)c3)nc2-c2cccc(NS(=O)(=O)c3c(Cl)cccc3Cl)c2F)n1.Cc1ccc(Cl)c(S(=O)(=O)NC2=CCCC(c3nc(-c4ccc(F)cn4)sc3-c3ccnc(N)n3)C2F)c1Cl. The largest absolute Gasteiger partial charge is 0.368 e. The number of pyridine rings is 3. The number of benzene rings is 5. The van der Waals surface area contributed by atoms with Gasteiger partial charge in [-0.3, -0.25) is 29.1 Å². The van der Waals surface area contributed by atoms with Gasteiger partial charge in [0.05, 0.1) is 126 Å². The number of allylic oxidation sites excluding steroid dienone is 2. The van der Waals surface area contributed by atoms with Gasteiger partial charge in [0.1, 0.15) is 53.3 Å². The summed E-state index contributed by atoms with van der Waals surface area (Å²) in [5, 5.41) is 6.29. The molecule has 5 aromatic carbocycles. The Morgan fingerprint density at radius 3 is 1.42 bits per heavy atom. The predicted octanol–water partition coefficient (Wildman–Crippen LogP) is 19.9. The van der Waals surface area contributed by atoms with Gasteiger partial charge in [0.2, 0.25) is 17.8 Å². The van der Waals surface area contributed by atoms with Gasteiger partial charge in [-0.1, -0.05) is 106 Å². The molecule has 9 aromatic heterocycles. The van der Waals surface area contributed by atoms with Gasteiger partial charge < -0.3 is 16.4 Å². The number of aromatic nitrogens is 12. The van der Waals surface area contributed by atoms with E-state index in [1.54, 1.807) is 58.3 Å². The predicted molar refractivity (Wildman–Crippen MR) is 449 cm³/mol. The van der Waals surface area contributed by atoms with E-state index in [0.717, 1.165) is 41.3 Å². The van der Waals surface area contributed by atoms with Crippen LogP contribution in [0.4, 0.5) is 55.6 Å². The van der Waals surface area contributed by atoms with Crippen LogP contribution in [0, 0.1) is 42.9 Å². The first-order valence-electron chi connectivity index (χ1n) is 34.1. The Balaban J connectivity index is 0.000000153. The van der Waals surface area contributed by atoms with E-state index in [2.05, 4.69) is 84.6 Å². The molecule has 14 aromatic rings. The Kier molecular flexibility index (Phi) is 26.0. The second kappa shape index (κ2) is 35.9. The molecular weight excluding hydrogens is 1780 g/mol. The minimum atomic E-state index is -4.38. The van der Waals surface area contributed by atoms with Gasteiger partial charge in [0.15, 0.2) is 11.6 Å². The van der Waals surface area contributed by atoms with Crippen LogP contribution in [0.2, 0.25) is 30.1 Å². The molecule has 2 unspecified atom stereocenters. The molecule has 118 heavy (non-hydrogen) atoms. The zero-order chi connectivity index (χ0) is 84.2. The maximum Gasteiger partial charge on any atom is 0.264 e. The summed E-state index contributed by atoms with van der Waals surface area (Å²) in [6.45, 7) is 3.27. The van der Waals surface area contributed by atoms with Crippen LogP contribution in [0.1, 0.15) is 35.6 Å². The fourth-order valence-electron chi connectivity index (χ4n) is 11.7. The van der Waals surface area contributed by atoms with Crippen molar-refractivity contribution < 1.29 is 51.6 Å². The highest BCUT2D eigenvalue weighted by molar-refractivity contribution is 7.93. The summed E-state index contributed by atoms with van der Waals surface area (Å²) < 4.78 is 175. The Bertz CT molecular complexity index is 6590. The molecule has 7 N–H and O–H groups in total. The zero-order valence-electron chi connectivity index (χ0n) is 60.7. The molecule has 0 saturated carbocycles. The molecule has 15 rings (SSSR count). The van der Waals surface area contributed by atoms with Crippen molar-refractivity contribution >= 4 is 163 Å². The normalized spacial score (nSPS) is 13.5. The van der Waals surface area contributed by atoms with Gasteiger partial charge in [-0.2, -0.15) is 0 Å². The first-order chi connectivity index (χ1) is 56.3. The molecule has 0 amide bonds. The molecule has 0 radical (unpaired) electrons. The van der Waals surface area contributed by atoms with E-state index >= 15 is 13.2 Å². The number of nitrogens with zero attached hydrogens (tertiary/aromatic N) is 12. The number of aryl methyl sites for hydroxylation is 2. The number of rotatable bonds is 20. The summed E-state index contributed by atoms with van der Waals surface area (Å²) in [6, 6.07) is 30.1. The van der Waals surface area contributed by atoms with Gasteiger partial charge in [0.25, 0.3) is 30.1 Å². The number of alkyl halides is 1. The number of nitrogen functional groups attached to an aromatic ring is 1. The summed E-state index contributed by atoms with van der Waals surface area (Å²) in [5.74, 6) is -3.55. The third-order valence-corrected chi connectivity index (χ3v) is 27.8. The first-order valence-corrected chi connectivity index (χ1v) is 43.3. The molecule has 2 atom stereocenters. The Morgan fingerprint density at radius 2 is 0.915 bits per heavy atom. The second-order valence-corrected chi connectivity index (χ2v) is 35.3. The number of nitrogens with two attached hydrogens (primary N) is 1. The summed E-state index contributed by atoms with van der Waals surface area (Å²) in [7, 11) is -9.75. The van der Waals surface area contributed by atoms with E-state index in [1.807, 2.05) is 0 Å². The van der Waals surface area contributed by atoms with E-state index in [9.17, 15) is 38.4 Å². The molecule has 24 nitrogen and oxygen atoms in total. The van der Waals surface area contributed by atoms with Crippen LogP contribution in [0.5, 0.6) is 0 Å². The number of hydrogen-bond acceptors (Lipinski definition) is 24.